The first kappa shape index (κ1) is 58.1. The fourth-order valence-electron chi connectivity index (χ4n) is 7.72. The molecule has 0 bridgehead atoms. The number of nitrogens with zero attached hydrogens (tertiary/aromatic N) is 6. The molecular formula is C48H54F2N8O9P2S5. The van der Waals surface area contributed by atoms with E-state index in [0.29, 0.717) is 88.4 Å². The van der Waals surface area contributed by atoms with E-state index in [1.807, 2.05) is 43.9 Å². The van der Waals surface area contributed by atoms with Crippen LogP contribution in [-0.4, -0.2) is 139 Å². The Morgan fingerprint density at radius 2 is 1.16 bits per heavy atom. The Bertz CT molecular complexity index is 2730. The quantitative estimate of drug-likeness (QED) is 0.0852. The second kappa shape index (κ2) is 27.0. The smallest absolute Gasteiger partial charge is 0.414 e. The summed E-state index contributed by atoms with van der Waals surface area (Å²) in [5.41, 5.74) is 3.12. The number of cyclic esters (lactones) is 2. The van der Waals surface area contributed by atoms with Gasteiger partial charge >= 0.3 is 18.2 Å². The molecule has 9 rings (SSSR count). The van der Waals surface area contributed by atoms with Gasteiger partial charge < -0.3 is 49.6 Å². The molecule has 0 unspecified atom stereocenters. The molecule has 17 nitrogen and oxygen atoms in total. The molecule has 5 saturated heterocycles. The Morgan fingerprint density at radius 1 is 0.730 bits per heavy atom. The zero-order valence-corrected chi connectivity index (χ0v) is 46.1. The molecule has 26 heteroatoms. The highest BCUT2D eigenvalue weighted by atomic mass is 33.7. The number of aryl methyl sites for hydroxylation is 1. The number of methoxy groups -OCH3 is 1. The average molecular weight is 1150 g/mol. The summed E-state index contributed by atoms with van der Waals surface area (Å²) in [6, 6.07) is 25.6. The number of benzene rings is 4. The molecule has 74 heavy (non-hydrogen) atoms. The second-order valence-corrected chi connectivity index (χ2v) is 38.0. The number of hydrogen-bond donors (Lipinski definition) is 2. The number of urea groups is 1. The molecule has 4 N–H and O–H groups in total. The summed E-state index contributed by atoms with van der Waals surface area (Å²) >= 11 is 20.5. The van der Waals surface area contributed by atoms with Crippen LogP contribution < -0.4 is 45.6 Å². The van der Waals surface area contributed by atoms with Gasteiger partial charge in [-0.05, 0) is 105 Å². The van der Waals surface area contributed by atoms with E-state index in [1.165, 1.54) is 38.1 Å². The van der Waals surface area contributed by atoms with Gasteiger partial charge in [0.1, 0.15) is 29.6 Å². The Kier molecular flexibility index (Phi) is 21.2. The Labute approximate surface area is 451 Å². The van der Waals surface area contributed by atoms with Crippen molar-refractivity contribution in [2.45, 2.75) is 19.1 Å². The van der Waals surface area contributed by atoms with Gasteiger partial charge in [0.15, 0.2) is 0 Å². The third-order valence-corrected chi connectivity index (χ3v) is 42.9. The van der Waals surface area contributed by atoms with Crippen molar-refractivity contribution in [1.82, 2.24) is 10.6 Å². The maximum Gasteiger partial charge on any atom is 0.414 e. The van der Waals surface area contributed by atoms with Crippen LogP contribution in [0.15, 0.2) is 108 Å². The first-order valence-electron chi connectivity index (χ1n) is 22.7. The third-order valence-electron chi connectivity index (χ3n) is 11.4. The van der Waals surface area contributed by atoms with Crippen LogP contribution in [0.4, 0.5) is 45.9 Å². The van der Waals surface area contributed by atoms with Gasteiger partial charge in [-0.3, -0.25) is 9.80 Å². The maximum absolute atomic E-state index is 14.5. The fraction of sp³-hybridized carbons (Fsp3) is 0.333. The molecule has 5 fully saturated rings. The Hall–Kier alpha value is -5.18. The van der Waals surface area contributed by atoms with Crippen molar-refractivity contribution < 1.29 is 52.3 Å². The van der Waals surface area contributed by atoms with Crippen molar-refractivity contribution >= 4 is 135 Å². The SMILES string of the molecule is C=C=NC(=O)NC[C@H]1CN(c2ccc(N3CCOCC3)c(F)c2)C(=O)O1.C=C=NC(=S)NC[C@H]1CN(c2ccc(N3CCOCC3)c(F)c2)C(=O)O1.COc1ccc(P2(=S)SP(=S)(c3ccc(C)cc3)S2)cc1.O. The van der Waals surface area contributed by atoms with Gasteiger partial charge in [-0.2, -0.15) is 4.99 Å². The van der Waals surface area contributed by atoms with E-state index in [1.54, 1.807) is 31.4 Å². The molecule has 0 aliphatic carbocycles. The van der Waals surface area contributed by atoms with E-state index in [-0.39, 0.29) is 29.5 Å². The van der Waals surface area contributed by atoms with Gasteiger partial charge in [-0.1, -0.05) is 75.4 Å². The monoisotopic (exact) mass is 1150 g/mol. The number of hydrogen-bond acceptors (Lipinski definition) is 15. The van der Waals surface area contributed by atoms with Gasteiger partial charge in [0.25, 0.3) is 0 Å². The van der Waals surface area contributed by atoms with Crippen LogP contribution in [0, 0.1) is 18.6 Å². The van der Waals surface area contributed by atoms with E-state index in [4.69, 9.17) is 59.5 Å². The van der Waals surface area contributed by atoms with E-state index < -0.39 is 45.1 Å². The minimum absolute atomic E-state index is 0. The van der Waals surface area contributed by atoms with Gasteiger partial charge in [0, 0.05) is 36.8 Å². The minimum Gasteiger partial charge on any atom is -0.497 e. The van der Waals surface area contributed by atoms with E-state index in [9.17, 15) is 23.2 Å². The summed E-state index contributed by atoms with van der Waals surface area (Å²) < 4.78 is 52.1. The van der Waals surface area contributed by atoms with E-state index >= 15 is 0 Å². The summed E-state index contributed by atoms with van der Waals surface area (Å²) in [5.74, 6) is 4.53. The number of halogens is 2. The second-order valence-electron chi connectivity index (χ2n) is 16.3. The van der Waals surface area contributed by atoms with Crippen LogP contribution in [0.3, 0.4) is 0 Å². The van der Waals surface area contributed by atoms with Gasteiger partial charge in [0.05, 0.1) is 91.3 Å². The highest BCUT2D eigenvalue weighted by Gasteiger charge is 2.46. The molecule has 4 amide bonds. The molecular weight excluding hydrogens is 1090 g/mol. The zero-order valence-electron chi connectivity index (χ0n) is 40.3. The molecule has 5 aliphatic heterocycles. The molecule has 394 valence electrons. The average Bonchev–Trinajstić information content (AvgIpc) is 3.96. The van der Waals surface area contributed by atoms with Crippen LogP contribution in [-0.2, 0) is 42.6 Å². The molecule has 0 spiro atoms. The van der Waals surface area contributed by atoms with Crippen molar-refractivity contribution in [3.05, 3.63) is 115 Å². The standard InChI is InChI=1S/C17H19FN4O4.C17H19FN4O3S.C14H14OP2S4.H2O/c1-2-19-16(23)20-10-13-11-22(17(24)26-13)12-3-4-15(14(18)9-12)21-5-7-25-8-6-21;1-2-19-16(26)20-10-13-11-22(17(23)25-13)12-3-4-15(14(18)9-12)21-5-7-24-8-6-21;1-11-3-7-13(8-4-11)16(18)20-17(19,21-16)14-9-5-12(15-2)6-10-14;/h3-4,9,13H,1,5-8,10-11H2,(H,20,23);3-4,9,13H,1,5-8,10-11H2,(H,20,26);3-10H,1-2H3;1H2/t2*13-;;/m00../s1. The number of thiocarbonyl (C=S) groups is 1. The van der Waals surface area contributed by atoms with Gasteiger partial charge in [0.2, 0.25) is 5.11 Å². The summed E-state index contributed by atoms with van der Waals surface area (Å²) in [5, 5.41) is 8.06. The Balaban J connectivity index is 0.000000181. The first-order chi connectivity index (χ1) is 35.1. The zero-order chi connectivity index (χ0) is 52.1. The number of morpholine rings is 2. The van der Waals surface area contributed by atoms with Crippen molar-refractivity contribution in [1.29, 1.82) is 0 Å². The van der Waals surface area contributed by atoms with E-state index in [0.717, 1.165) is 5.75 Å². The number of rotatable bonds is 11. The number of amides is 4. The summed E-state index contributed by atoms with van der Waals surface area (Å²) in [4.78, 5) is 49.0. The molecule has 4 aromatic carbocycles. The predicted molar refractivity (Wildman–Crippen MR) is 305 cm³/mol. The summed E-state index contributed by atoms with van der Waals surface area (Å²) in [6.07, 6.45) is -2.07. The summed E-state index contributed by atoms with van der Waals surface area (Å²) in [6.45, 7) is 14.3. The van der Waals surface area contributed by atoms with Crippen molar-refractivity contribution in [3.63, 3.8) is 0 Å². The predicted octanol–water partition coefficient (Wildman–Crippen LogP) is 7.50. The van der Waals surface area contributed by atoms with Crippen molar-refractivity contribution in [3.8, 4) is 5.75 Å². The number of carbonyl (C=O) groups is 3. The van der Waals surface area contributed by atoms with Crippen molar-refractivity contribution in [2.24, 2.45) is 9.98 Å². The number of ether oxygens (including phenoxy) is 5. The van der Waals surface area contributed by atoms with Crippen LogP contribution >= 0.6 is 43.1 Å². The topological polar surface area (TPSA) is 191 Å². The molecule has 0 saturated carbocycles. The van der Waals surface area contributed by atoms with Crippen LogP contribution in [0.1, 0.15) is 5.56 Å². The highest BCUT2D eigenvalue weighted by Crippen LogP contribution is 3.04. The van der Waals surface area contributed by atoms with Crippen LogP contribution in [0.5, 0.6) is 5.75 Å². The Morgan fingerprint density at radius 3 is 1.58 bits per heavy atom. The lowest BCUT2D eigenvalue weighted by molar-refractivity contribution is 0.122. The van der Waals surface area contributed by atoms with Crippen LogP contribution in [0.25, 0.3) is 0 Å². The van der Waals surface area contributed by atoms with Gasteiger partial charge in [-0.15, -0.1) is 4.99 Å². The highest BCUT2D eigenvalue weighted by molar-refractivity contribution is 9.48. The first-order valence-corrected chi connectivity index (χ1v) is 32.7. The minimum atomic E-state index is -1.62. The number of nitrogens with one attached hydrogen (secondary N) is 2. The number of aliphatic imine (C=N–C) groups is 2. The number of anilines is 4. The third kappa shape index (κ3) is 15.0. The van der Waals surface area contributed by atoms with Gasteiger partial charge in [-0.25, -0.2) is 23.2 Å². The fourth-order valence-corrected chi connectivity index (χ4v) is 50.1. The normalized spacial score (nSPS) is 21.8. The summed E-state index contributed by atoms with van der Waals surface area (Å²) in [7, 11) is 1.68. The van der Waals surface area contributed by atoms with Crippen LogP contribution in [0.2, 0.25) is 0 Å². The lowest BCUT2D eigenvalue weighted by Crippen LogP contribution is -2.36. The molecule has 5 aliphatic rings. The maximum atomic E-state index is 14.5. The largest absolute Gasteiger partial charge is 0.497 e. The van der Waals surface area contributed by atoms with Crippen molar-refractivity contribution in [2.75, 3.05) is 105 Å². The molecule has 0 radical (unpaired) electrons. The molecule has 5 heterocycles. The van der Waals surface area contributed by atoms with E-state index in [2.05, 4.69) is 88.8 Å². The molecule has 4 aromatic rings. The lowest BCUT2D eigenvalue weighted by Gasteiger charge is -2.40. The molecule has 0 aromatic heterocycles. The number of carbonyl (C=O) groups excluding carboxylic acids is 3. The molecule has 2 atom stereocenters. The lowest BCUT2D eigenvalue weighted by atomic mass is 10.2.